The van der Waals surface area contributed by atoms with Crippen LogP contribution < -0.4 is 10.6 Å². The fourth-order valence-electron chi connectivity index (χ4n) is 3.29. The van der Waals surface area contributed by atoms with Gasteiger partial charge in [-0.1, -0.05) is 24.3 Å². The molecule has 2 unspecified atom stereocenters. The molecule has 27 heavy (non-hydrogen) atoms. The molecular weight excluding hydrogens is 361 g/mol. The van der Waals surface area contributed by atoms with Crippen LogP contribution in [0.25, 0.3) is 11.1 Å². The van der Waals surface area contributed by atoms with Crippen LogP contribution in [-0.4, -0.2) is 29.3 Å². The van der Waals surface area contributed by atoms with E-state index in [9.17, 15) is 9.18 Å². The Labute approximate surface area is 162 Å². The molecule has 2 atom stereocenters. The first-order valence-corrected chi connectivity index (χ1v) is 9.94. The van der Waals surface area contributed by atoms with Gasteiger partial charge in [0.05, 0.1) is 12.1 Å². The van der Waals surface area contributed by atoms with Crippen molar-refractivity contribution in [3.8, 4) is 17.2 Å². The first kappa shape index (κ1) is 18.0. The van der Waals surface area contributed by atoms with E-state index in [0.29, 0.717) is 5.25 Å². The summed E-state index contributed by atoms with van der Waals surface area (Å²) in [5.41, 5.74) is 1.41. The molecule has 2 aliphatic rings. The minimum Gasteiger partial charge on any atom is -0.336 e. The largest absolute Gasteiger partial charge is 0.336 e. The van der Waals surface area contributed by atoms with E-state index in [2.05, 4.69) is 28.8 Å². The van der Waals surface area contributed by atoms with E-state index in [1.807, 2.05) is 12.1 Å². The SMILES string of the molecule is N#CC1(NC(=O)C2CC(Sc3cccc(-c4ccc(F)cc4)c3)CN2)CC1. The molecule has 4 rings (SSSR count). The third-order valence-corrected chi connectivity index (χ3v) is 6.27. The molecule has 2 aromatic rings. The van der Waals surface area contributed by atoms with Gasteiger partial charge in [0, 0.05) is 16.7 Å². The molecule has 138 valence electrons. The highest BCUT2D eigenvalue weighted by atomic mass is 32.2. The molecule has 1 saturated heterocycles. The van der Waals surface area contributed by atoms with Crippen LogP contribution >= 0.6 is 11.8 Å². The van der Waals surface area contributed by atoms with E-state index >= 15 is 0 Å². The zero-order chi connectivity index (χ0) is 18.9. The van der Waals surface area contributed by atoms with Crippen molar-refractivity contribution in [2.45, 2.75) is 41.0 Å². The second kappa shape index (κ2) is 7.34. The summed E-state index contributed by atoms with van der Waals surface area (Å²) in [6.07, 6.45) is 2.23. The lowest BCUT2D eigenvalue weighted by atomic mass is 10.1. The Morgan fingerprint density at radius 1 is 1.22 bits per heavy atom. The third-order valence-electron chi connectivity index (χ3n) is 5.05. The summed E-state index contributed by atoms with van der Waals surface area (Å²) in [4.78, 5) is 13.5. The maximum atomic E-state index is 13.1. The number of carbonyl (C=O) groups excluding carboxylic acids is 1. The first-order chi connectivity index (χ1) is 13.1. The minimum absolute atomic E-state index is 0.0720. The lowest BCUT2D eigenvalue weighted by Crippen LogP contribution is -2.45. The van der Waals surface area contributed by atoms with Gasteiger partial charge in [-0.05, 0) is 54.7 Å². The number of halogens is 1. The molecule has 1 aliphatic heterocycles. The van der Waals surface area contributed by atoms with E-state index in [1.54, 1.807) is 23.9 Å². The molecular formula is C21H20FN3OS. The van der Waals surface area contributed by atoms with Crippen molar-refractivity contribution in [2.24, 2.45) is 0 Å². The molecule has 4 nitrogen and oxygen atoms in total. The quantitative estimate of drug-likeness (QED) is 0.832. The van der Waals surface area contributed by atoms with Gasteiger partial charge in [-0.3, -0.25) is 4.79 Å². The highest BCUT2D eigenvalue weighted by Gasteiger charge is 2.46. The monoisotopic (exact) mass is 381 g/mol. The normalized spacial score (nSPS) is 22.8. The molecule has 0 aromatic heterocycles. The van der Waals surface area contributed by atoms with Crippen LogP contribution in [0.4, 0.5) is 4.39 Å². The molecule has 1 aliphatic carbocycles. The Morgan fingerprint density at radius 2 is 2.00 bits per heavy atom. The van der Waals surface area contributed by atoms with Gasteiger partial charge in [0.1, 0.15) is 11.4 Å². The predicted octanol–water partition coefficient (Wildman–Crippen LogP) is 3.49. The van der Waals surface area contributed by atoms with E-state index < -0.39 is 5.54 Å². The lowest BCUT2D eigenvalue weighted by molar-refractivity contribution is -0.123. The number of nitrogens with zero attached hydrogens (tertiary/aromatic N) is 1. The second-order valence-electron chi connectivity index (χ2n) is 7.15. The van der Waals surface area contributed by atoms with Gasteiger partial charge >= 0.3 is 0 Å². The maximum Gasteiger partial charge on any atom is 0.238 e. The zero-order valence-corrected chi connectivity index (χ0v) is 15.6. The van der Waals surface area contributed by atoms with Gasteiger partial charge in [0.15, 0.2) is 0 Å². The van der Waals surface area contributed by atoms with Gasteiger partial charge < -0.3 is 10.6 Å². The molecule has 0 radical (unpaired) electrons. The van der Waals surface area contributed by atoms with E-state index in [-0.39, 0.29) is 17.8 Å². The zero-order valence-electron chi connectivity index (χ0n) is 14.7. The van der Waals surface area contributed by atoms with Crippen molar-refractivity contribution in [3.05, 3.63) is 54.3 Å². The average molecular weight is 381 g/mol. The van der Waals surface area contributed by atoms with Crippen LogP contribution in [0.3, 0.4) is 0 Å². The Hall–Kier alpha value is -2.36. The number of carbonyl (C=O) groups is 1. The van der Waals surface area contributed by atoms with Crippen LogP contribution in [0.5, 0.6) is 0 Å². The summed E-state index contributed by atoms with van der Waals surface area (Å²) in [6, 6.07) is 16.6. The fraction of sp³-hybridized carbons (Fsp3) is 0.333. The number of thioether (sulfide) groups is 1. The van der Waals surface area contributed by atoms with Crippen molar-refractivity contribution in [3.63, 3.8) is 0 Å². The Kier molecular flexibility index (Phi) is 4.90. The van der Waals surface area contributed by atoms with Crippen molar-refractivity contribution < 1.29 is 9.18 Å². The summed E-state index contributed by atoms with van der Waals surface area (Å²) in [6.45, 7) is 0.753. The molecule has 0 bridgehead atoms. The summed E-state index contributed by atoms with van der Waals surface area (Å²) in [5.74, 6) is -0.313. The smallest absolute Gasteiger partial charge is 0.238 e. The van der Waals surface area contributed by atoms with E-state index in [4.69, 9.17) is 5.26 Å². The number of benzene rings is 2. The fourth-order valence-corrected chi connectivity index (χ4v) is 4.49. The standard InChI is InChI=1S/C21H20FN3OS/c22-16-6-4-14(5-7-16)15-2-1-3-17(10-15)27-18-11-19(24-12-18)20(26)25-21(13-23)8-9-21/h1-7,10,18-19,24H,8-9,11-12H2,(H,25,26). The topological polar surface area (TPSA) is 64.9 Å². The second-order valence-corrected chi connectivity index (χ2v) is 8.53. The number of nitriles is 1. The minimum atomic E-state index is -0.618. The Morgan fingerprint density at radius 3 is 2.70 bits per heavy atom. The highest BCUT2D eigenvalue weighted by molar-refractivity contribution is 8.00. The average Bonchev–Trinajstić information content (AvgIpc) is 3.30. The Bertz CT molecular complexity index is 889. The van der Waals surface area contributed by atoms with Gasteiger partial charge in [0.25, 0.3) is 0 Å². The molecule has 2 N–H and O–H groups in total. The molecule has 0 spiro atoms. The van der Waals surface area contributed by atoms with Crippen molar-refractivity contribution in [2.75, 3.05) is 6.54 Å². The third kappa shape index (κ3) is 4.15. The van der Waals surface area contributed by atoms with Gasteiger partial charge in [-0.2, -0.15) is 5.26 Å². The van der Waals surface area contributed by atoms with Crippen LogP contribution in [0.15, 0.2) is 53.4 Å². The molecule has 2 fully saturated rings. The number of nitrogens with one attached hydrogen (secondary N) is 2. The predicted molar refractivity (Wildman–Crippen MR) is 104 cm³/mol. The van der Waals surface area contributed by atoms with Gasteiger partial charge in [0.2, 0.25) is 5.91 Å². The first-order valence-electron chi connectivity index (χ1n) is 9.06. The van der Waals surface area contributed by atoms with Crippen LogP contribution in [0.1, 0.15) is 19.3 Å². The molecule has 1 saturated carbocycles. The summed E-state index contributed by atoms with van der Waals surface area (Å²) >= 11 is 1.74. The highest BCUT2D eigenvalue weighted by Crippen LogP contribution is 2.35. The van der Waals surface area contributed by atoms with Crippen LogP contribution in [0, 0.1) is 17.1 Å². The number of hydrogen-bond acceptors (Lipinski definition) is 4. The molecule has 1 amide bonds. The molecule has 2 aromatic carbocycles. The van der Waals surface area contributed by atoms with Crippen LogP contribution in [0.2, 0.25) is 0 Å². The van der Waals surface area contributed by atoms with Crippen LogP contribution in [-0.2, 0) is 4.79 Å². The maximum absolute atomic E-state index is 13.1. The van der Waals surface area contributed by atoms with Crippen molar-refractivity contribution >= 4 is 17.7 Å². The summed E-state index contributed by atoms with van der Waals surface area (Å²) < 4.78 is 13.1. The van der Waals surface area contributed by atoms with Gasteiger partial charge in [-0.15, -0.1) is 11.8 Å². The van der Waals surface area contributed by atoms with Crippen molar-refractivity contribution in [1.82, 2.24) is 10.6 Å². The lowest BCUT2D eigenvalue weighted by Gasteiger charge is -2.14. The molecule has 1 heterocycles. The number of rotatable bonds is 5. The van der Waals surface area contributed by atoms with E-state index in [1.165, 1.54) is 12.1 Å². The molecule has 6 heteroatoms. The summed E-state index contributed by atoms with van der Waals surface area (Å²) in [5, 5.41) is 15.6. The summed E-state index contributed by atoms with van der Waals surface area (Å²) in [7, 11) is 0. The van der Waals surface area contributed by atoms with Crippen molar-refractivity contribution in [1.29, 1.82) is 5.26 Å². The Balaban J connectivity index is 1.37. The van der Waals surface area contributed by atoms with Gasteiger partial charge in [-0.25, -0.2) is 4.39 Å². The number of hydrogen-bond donors (Lipinski definition) is 2. The number of amides is 1. The van der Waals surface area contributed by atoms with E-state index in [0.717, 1.165) is 41.8 Å².